The Kier molecular flexibility index (Phi) is 4.42. The summed E-state index contributed by atoms with van der Waals surface area (Å²) < 4.78 is 6.58. The molecular formula is C14H19N5O2. The van der Waals surface area contributed by atoms with Crippen molar-refractivity contribution in [1.29, 1.82) is 0 Å². The molecule has 112 valence electrons. The highest BCUT2D eigenvalue weighted by atomic mass is 16.5. The van der Waals surface area contributed by atoms with Crippen LogP contribution in [0.4, 0.5) is 5.69 Å². The topological polar surface area (TPSA) is 95.1 Å². The van der Waals surface area contributed by atoms with Crippen molar-refractivity contribution in [2.45, 2.75) is 26.9 Å². The third kappa shape index (κ3) is 3.50. The highest BCUT2D eigenvalue weighted by Crippen LogP contribution is 2.14. The van der Waals surface area contributed by atoms with Crippen molar-refractivity contribution in [1.82, 2.24) is 20.1 Å². The molecule has 0 aliphatic carbocycles. The van der Waals surface area contributed by atoms with Gasteiger partial charge in [0, 0.05) is 18.8 Å². The third-order valence-corrected chi connectivity index (χ3v) is 3.23. The Hall–Kier alpha value is -2.57. The fourth-order valence-corrected chi connectivity index (χ4v) is 1.89. The SMILES string of the molecule is COc1ccc(CNC(=O)Cn2nc(C)c(N)c2C)cn1. The normalized spacial score (nSPS) is 10.4. The Bertz CT molecular complexity index is 634. The van der Waals surface area contributed by atoms with Gasteiger partial charge in [0.05, 0.1) is 24.2 Å². The molecule has 7 heteroatoms. The van der Waals surface area contributed by atoms with Crippen molar-refractivity contribution >= 4 is 11.6 Å². The Morgan fingerprint density at radius 1 is 1.43 bits per heavy atom. The van der Waals surface area contributed by atoms with Gasteiger partial charge in [-0.25, -0.2) is 4.98 Å². The number of amides is 1. The molecule has 0 aromatic carbocycles. The molecule has 2 heterocycles. The van der Waals surface area contributed by atoms with Crippen LogP contribution < -0.4 is 15.8 Å². The van der Waals surface area contributed by atoms with Crippen LogP contribution in [0.5, 0.6) is 5.88 Å². The van der Waals surface area contributed by atoms with Gasteiger partial charge in [0.25, 0.3) is 0 Å². The number of nitrogens with zero attached hydrogens (tertiary/aromatic N) is 3. The van der Waals surface area contributed by atoms with Crippen LogP contribution in [0.1, 0.15) is 17.0 Å². The molecular weight excluding hydrogens is 270 g/mol. The summed E-state index contributed by atoms with van der Waals surface area (Å²) in [5, 5.41) is 7.05. The maximum atomic E-state index is 11.9. The van der Waals surface area contributed by atoms with E-state index in [-0.39, 0.29) is 12.5 Å². The summed E-state index contributed by atoms with van der Waals surface area (Å²) in [6.07, 6.45) is 1.67. The molecule has 0 saturated carbocycles. The Morgan fingerprint density at radius 3 is 2.71 bits per heavy atom. The molecule has 0 unspecified atom stereocenters. The Balaban J connectivity index is 1.91. The number of nitrogens with one attached hydrogen (secondary N) is 1. The molecule has 2 aromatic heterocycles. The van der Waals surface area contributed by atoms with E-state index in [1.807, 2.05) is 19.9 Å². The Labute approximate surface area is 123 Å². The number of aromatic nitrogens is 3. The van der Waals surface area contributed by atoms with Crippen LogP contribution in [0.25, 0.3) is 0 Å². The van der Waals surface area contributed by atoms with E-state index < -0.39 is 0 Å². The van der Waals surface area contributed by atoms with E-state index in [0.717, 1.165) is 17.0 Å². The summed E-state index contributed by atoms with van der Waals surface area (Å²) in [6.45, 7) is 4.22. The molecule has 0 radical (unpaired) electrons. The molecule has 0 atom stereocenters. The number of pyridine rings is 1. The predicted octanol–water partition coefficient (Wildman–Crippen LogP) is 0.802. The van der Waals surface area contributed by atoms with Crippen LogP contribution in [-0.2, 0) is 17.9 Å². The number of nitrogen functional groups attached to an aromatic ring is 1. The zero-order chi connectivity index (χ0) is 15.4. The number of hydrogen-bond acceptors (Lipinski definition) is 5. The number of rotatable bonds is 5. The fraction of sp³-hybridized carbons (Fsp3) is 0.357. The number of nitrogens with two attached hydrogens (primary N) is 1. The van der Waals surface area contributed by atoms with Gasteiger partial charge in [-0.3, -0.25) is 9.48 Å². The molecule has 0 spiro atoms. The van der Waals surface area contributed by atoms with Gasteiger partial charge >= 0.3 is 0 Å². The van der Waals surface area contributed by atoms with E-state index in [1.54, 1.807) is 24.1 Å². The number of ether oxygens (including phenoxy) is 1. The smallest absolute Gasteiger partial charge is 0.242 e. The molecule has 7 nitrogen and oxygen atoms in total. The number of aryl methyl sites for hydroxylation is 1. The molecule has 0 fully saturated rings. The van der Waals surface area contributed by atoms with Gasteiger partial charge in [-0.2, -0.15) is 5.10 Å². The second-order valence-corrected chi connectivity index (χ2v) is 4.73. The van der Waals surface area contributed by atoms with Crippen LogP contribution in [-0.4, -0.2) is 27.8 Å². The number of methoxy groups -OCH3 is 1. The molecule has 21 heavy (non-hydrogen) atoms. The van der Waals surface area contributed by atoms with E-state index in [9.17, 15) is 4.79 Å². The first-order valence-corrected chi connectivity index (χ1v) is 6.56. The first kappa shape index (κ1) is 14.8. The van der Waals surface area contributed by atoms with Crippen LogP contribution in [0, 0.1) is 13.8 Å². The molecule has 1 amide bonds. The number of hydrogen-bond donors (Lipinski definition) is 2. The van der Waals surface area contributed by atoms with E-state index in [1.165, 1.54) is 0 Å². The minimum absolute atomic E-state index is 0.128. The zero-order valence-electron chi connectivity index (χ0n) is 12.4. The summed E-state index contributed by atoms with van der Waals surface area (Å²) >= 11 is 0. The summed E-state index contributed by atoms with van der Waals surface area (Å²) in [5.74, 6) is 0.416. The molecule has 2 aromatic rings. The number of anilines is 1. The third-order valence-electron chi connectivity index (χ3n) is 3.23. The maximum absolute atomic E-state index is 11.9. The van der Waals surface area contributed by atoms with Crippen LogP contribution >= 0.6 is 0 Å². The lowest BCUT2D eigenvalue weighted by atomic mass is 10.3. The maximum Gasteiger partial charge on any atom is 0.242 e. The number of carbonyl (C=O) groups is 1. The highest BCUT2D eigenvalue weighted by molar-refractivity contribution is 5.75. The first-order valence-electron chi connectivity index (χ1n) is 6.56. The van der Waals surface area contributed by atoms with Crippen LogP contribution in [0.15, 0.2) is 18.3 Å². The minimum Gasteiger partial charge on any atom is -0.481 e. The van der Waals surface area contributed by atoms with Gasteiger partial charge in [0.15, 0.2) is 0 Å². The van der Waals surface area contributed by atoms with E-state index >= 15 is 0 Å². The molecule has 0 aliphatic heterocycles. The van der Waals surface area contributed by atoms with E-state index in [4.69, 9.17) is 10.5 Å². The minimum atomic E-state index is -0.128. The van der Waals surface area contributed by atoms with E-state index in [2.05, 4.69) is 15.4 Å². The summed E-state index contributed by atoms with van der Waals surface area (Å²) in [7, 11) is 1.56. The van der Waals surface area contributed by atoms with Crippen molar-refractivity contribution in [2.75, 3.05) is 12.8 Å². The molecule has 0 bridgehead atoms. The average molecular weight is 289 g/mol. The monoisotopic (exact) mass is 289 g/mol. The second kappa shape index (κ2) is 6.25. The summed E-state index contributed by atoms with van der Waals surface area (Å²) in [4.78, 5) is 16.0. The largest absolute Gasteiger partial charge is 0.481 e. The summed E-state index contributed by atoms with van der Waals surface area (Å²) in [6, 6.07) is 3.61. The van der Waals surface area contributed by atoms with Crippen LogP contribution in [0.3, 0.4) is 0 Å². The second-order valence-electron chi connectivity index (χ2n) is 4.73. The number of carbonyl (C=O) groups excluding carboxylic acids is 1. The summed E-state index contributed by atoms with van der Waals surface area (Å²) in [5.41, 5.74) is 8.90. The van der Waals surface area contributed by atoms with Gasteiger partial charge < -0.3 is 15.8 Å². The standard InChI is InChI=1S/C14H19N5O2/c1-9-14(15)10(2)19(18-9)8-12(20)16-6-11-4-5-13(21-3)17-7-11/h4-5,7H,6,8,15H2,1-3H3,(H,16,20). The first-order chi connectivity index (χ1) is 10.0. The van der Waals surface area contributed by atoms with Crippen molar-refractivity contribution in [3.63, 3.8) is 0 Å². The van der Waals surface area contributed by atoms with Crippen molar-refractivity contribution < 1.29 is 9.53 Å². The van der Waals surface area contributed by atoms with Gasteiger partial charge in [-0.15, -0.1) is 0 Å². The quantitative estimate of drug-likeness (QED) is 0.849. The van der Waals surface area contributed by atoms with Gasteiger partial charge in [-0.1, -0.05) is 6.07 Å². The van der Waals surface area contributed by atoms with Gasteiger partial charge in [-0.05, 0) is 19.4 Å². The highest BCUT2D eigenvalue weighted by Gasteiger charge is 2.11. The lowest BCUT2D eigenvalue weighted by molar-refractivity contribution is -0.122. The van der Waals surface area contributed by atoms with Gasteiger partial charge in [0.1, 0.15) is 6.54 Å². The molecule has 3 N–H and O–H groups in total. The lowest BCUT2D eigenvalue weighted by Crippen LogP contribution is -2.28. The van der Waals surface area contributed by atoms with Gasteiger partial charge in [0.2, 0.25) is 11.8 Å². The van der Waals surface area contributed by atoms with Crippen molar-refractivity contribution in [3.8, 4) is 5.88 Å². The molecule has 0 saturated heterocycles. The van der Waals surface area contributed by atoms with Crippen molar-refractivity contribution in [3.05, 3.63) is 35.3 Å². The predicted molar refractivity (Wildman–Crippen MR) is 78.7 cm³/mol. The Morgan fingerprint density at radius 2 is 2.19 bits per heavy atom. The van der Waals surface area contributed by atoms with E-state index in [0.29, 0.717) is 18.1 Å². The van der Waals surface area contributed by atoms with Crippen LogP contribution in [0.2, 0.25) is 0 Å². The average Bonchev–Trinajstić information content (AvgIpc) is 2.73. The zero-order valence-corrected chi connectivity index (χ0v) is 12.4. The molecule has 0 aliphatic rings. The van der Waals surface area contributed by atoms with Crippen molar-refractivity contribution in [2.24, 2.45) is 0 Å². The fourth-order valence-electron chi connectivity index (χ4n) is 1.89. The lowest BCUT2D eigenvalue weighted by Gasteiger charge is -2.07. The molecule has 2 rings (SSSR count).